The lowest BCUT2D eigenvalue weighted by Crippen LogP contribution is -2.01. The van der Waals surface area contributed by atoms with Gasteiger partial charge in [0.15, 0.2) is 5.78 Å². The molecule has 0 saturated heterocycles. The molecule has 1 aromatic heterocycles. The van der Waals surface area contributed by atoms with Crippen LogP contribution in [0.3, 0.4) is 0 Å². The van der Waals surface area contributed by atoms with Crippen LogP contribution in [0.5, 0.6) is 0 Å². The van der Waals surface area contributed by atoms with E-state index in [2.05, 4.69) is 40.2 Å². The molecule has 3 atom stereocenters. The highest BCUT2D eigenvalue weighted by Crippen LogP contribution is 2.61. The second-order valence-corrected chi connectivity index (χ2v) is 8.33. The molecule has 1 fully saturated rings. The summed E-state index contributed by atoms with van der Waals surface area (Å²) in [5.74, 6) is 1.42. The van der Waals surface area contributed by atoms with E-state index in [1.165, 1.54) is 22.5 Å². The van der Waals surface area contributed by atoms with Crippen LogP contribution in [0.25, 0.3) is 0 Å². The van der Waals surface area contributed by atoms with E-state index < -0.39 is 0 Å². The van der Waals surface area contributed by atoms with Crippen molar-refractivity contribution in [2.75, 3.05) is 0 Å². The van der Waals surface area contributed by atoms with Crippen molar-refractivity contribution in [3.05, 3.63) is 55.1 Å². The Balaban J connectivity index is 1.65. The van der Waals surface area contributed by atoms with E-state index in [4.69, 9.17) is 11.6 Å². The number of halogens is 2. The Hall–Kier alpha value is -0.640. The molecule has 0 radical (unpaired) electrons. The van der Waals surface area contributed by atoms with Gasteiger partial charge in [0.05, 0.1) is 13.7 Å². The van der Waals surface area contributed by atoms with Gasteiger partial charge in [-0.3, -0.25) is 4.79 Å². The second-order valence-electron chi connectivity index (χ2n) is 5.55. The fraction of sp³-hybridized carbons (Fsp3) is 0.312. The van der Waals surface area contributed by atoms with Crippen LogP contribution in [0.4, 0.5) is 0 Å². The van der Waals surface area contributed by atoms with Gasteiger partial charge in [0.1, 0.15) is 0 Å². The van der Waals surface area contributed by atoms with E-state index in [0.29, 0.717) is 16.9 Å². The molecular weight excluding hydrogens is 356 g/mol. The van der Waals surface area contributed by atoms with E-state index in [-0.39, 0.29) is 11.7 Å². The van der Waals surface area contributed by atoms with E-state index in [0.717, 1.165) is 21.5 Å². The van der Waals surface area contributed by atoms with Crippen molar-refractivity contribution in [3.8, 4) is 0 Å². The van der Waals surface area contributed by atoms with E-state index in [1.807, 2.05) is 0 Å². The first-order chi connectivity index (χ1) is 9.66. The third-order valence-corrected chi connectivity index (χ3v) is 7.01. The van der Waals surface area contributed by atoms with Gasteiger partial charge in [-0.2, -0.15) is 0 Å². The Bertz CT molecular complexity index is 689. The summed E-state index contributed by atoms with van der Waals surface area (Å²) < 4.78 is 0.853. The average molecular weight is 368 g/mol. The largest absolute Gasteiger partial charge is 0.293 e. The van der Waals surface area contributed by atoms with Crippen molar-refractivity contribution >= 4 is 44.7 Å². The lowest BCUT2D eigenvalue weighted by Gasteiger charge is -2.13. The Morgan fingerprint density at radius 3 is 2.90 bits per heavy atom. The lowest BCUT2D eigenvalue weighted by molar-refractivity contribution is 0.0963. The number of carbonyl (C=O) groups is 1. The molecule has 1 saturated carbocycles. The minimum atomic E-state index is 0.167. The molecule has 4 heteroatoms. The summed E-state index contributed by atoms with van der Waals surface area (Å²) in [6, 6.07) is 10.4. The van der Waals surface area contributed by atoms with Crippen molar-refractivity contribution in [1.82, 2.24) is 0 Å². The molecule has 1 nitrogen and oxygen atoms in total. The maximum Gasteiger partial charge on any atom is 0.176 e. The van der Waals surface area contributed by atoms with Crippen LogP contribution in [0, 0.1) is 11.8 Å². The smallest absolute Gasteiger partial charge is 0.176 e. The fourth-order valence-electron chi connectivity index (χ4n) is 3.56. The summed E-state index contributed by atoms with van der Waals surface area (Å²) in [5, 5.41) is 0.641. The number of benzene rings is 1. The Kier molecular flexibility index (Phi) is 3.06. The zero-order valence-corrected chi connectivity index (χ0v) is 13.8. The minimum Gasteiger partial charge on any atom is -0.293 e. The van der Waals surface area contributed by atoms with Crippen molar-refractivity contribution in [1.29, 1.82) is 0 Å². The van der Waals surface area contributed by atoms with Crippen molar-refractivity contribution in [2.45, 2.75) is 18.8 Å². The number of rotatable bonds is 2. The molecule has 2 aromatic rings. The Labute approximate surface area is 135 Å². The van der Waals surface area contributed by atoms with Gasteiger partial charge in [0.25, 0.3) is 0 Å². The Morgan fingerprint density at radius 1 is 1.35 bits per heavy atom. The normalized spacial score (nSPS) is 26.8. The molecule has 4 rings (SSSR count). The van der Waals surface area contributed by atoms with Gasteiger partial charge in [-0.1, -0.05) is 35.9 Å². The van der Waals surface area contributed by atoms with Gasteiger partial charge in [-0.15, -0.1) is 11.3 Å². The summed E-state index contributed by atoms with van der Waals surface area (Å²) in [6.07, 6.45) is 2.24. The molecule has 0 spiro atoms. The molecule has 2 aliphatic carbocycles. The summed E-state index contributed by atoms with van der Waals surface area (Å²) in [6.45, 7) is 0. The highest BCUT2D eigenvalue weighted by atomic mass is 79.9. The molecule has 1 heterocycles. The number of fused-ring (bicyclic) bond motifs is 3. The first-order valence-electron chi connectivity index (χ1n) is 6.73. The quantitative estimate of drug-likeness (QED) is 0.656. The number of carbonyl (C=O) groups excluding carboxylic acids is 1. The maximum absolute atomic E-state index is 12.7. The van der Waals surface area contributed by atoms with Crippen molar-refractivity contribution < 1.29 is 4.79 Å². The van der Waals surface area contributed by atoms with Crippen LogP contribution in [-0.2, 0) is 6.42 Å². The number of aryl methyl sites for hydroxylation is 1. The third-order valence-electron chi connectivity index (χ3n) is 4.52. The zero-order chi connectivity index (χ0) is 13.9. The minimum absolute atomic E-state index is 0.167. The molecule has 0 amide bonds. The van der Waals surface area contributed by atoms with Gasteiger partial charge in [-0.05, 0) is 57.8 Å². The zero-order valence-electron chi connectivity index (χ0n) is 10.6. The SMILES string of the molecule is O=C(c1cc(Cl)c(Br)s1)C1C2CCc3ccccc3C21. The monoisotopic (exact) mass is 366 g/mol. The predicted molar refractivity (Wildman–Crippen MR) is 85.8 cm³/mol. The third kappa shape index (κ3) is 1.91. The van der Waals surface area contributed by atoms with Gasteiger partial charge in [0.2, 0.25) is 0 Å². The van der Waals surface area contributed by atoms with Crippen LogP contribution in [0.1, 0.15) is 33.1 Å². The average Bonchev–Trinajstić information content (AvgIpc) is 3.11. The molecule has 102 valence electrons. The molecule has 0 bridgehead atoms. The summed E-state index contributed by atoms with van der Waals surface area (Å²) in [4.78, 5) is 13.5. The summed E-state index contributed by atoms with van der Waals surface area (Å²) in [5.41, 5.74) is 2.82. The molecule has 20 heavy (non-hydrogen) atoms. The van der Waals surface area contributed by atoms with Crippen LogP contribution < -0.4 is 0 Å². The van der Waals surface area contributed by atoms with Gasteiger partial charge >= 0.3 is 0 Å². The van der Waals surface area contributed by atoms with E-state index in [9.17, 15) is 4.79 Å². The molecule has 0 aliphatic heterocycles. The Morgan fingerprint density at radius 2 is 2.15 bits per heavy atom. The van der Waals surface area contributed by atoms with Gasteiger partial charge in [-0.25, -0.2) is 0 Å². The molecule has 0 N–H and O–H groups in total. The van der Waals surface area contributed by atoms with Crippen LogP contribution in [0.15, 0.2) is 34.1 Å². The van der Waals surface area contributed by atoms with E-state index >= 15 is 0 Å². The highest BCUT2D eigenvalue weighted by molar-refractivity contribution is 9.11. The standard InChI is InChI=1S/C16H12BrClOS/c17-16-11(18)7-12(20-16)15(19)14-10-6-5-8-3-1-2-4-9(8)13(10)14/h1-4,7,10,13-14H,5-6H2. The van der Waals surface area contributed by atoms with Crippen LogP contribution in [-0.4, -0.2) is 5.78 Å². The van der Waals surface area contributed by atoms with Crippen molar-refractivity contribution in [2.24, 2.45) is 11.8 Å². The number of ketones is 1. The number of hydrogen-bond acceptors (Lipinski definition) is 2. The molecular formula is C16H12BrClOS. The first kappa shape index (κ1) is 13.1. The lowest BCUT2D eigenvalue weighted by atomic mass is 9.92. The van der Waals surface area contributed by atoms with Crippen molar-refractivity contribution in [3.63, 3.8) is 0 Å². The van der Waals surface area contributed by atoms with Crippen LogP contribution in [0.2, 0.25) is 5.02 Å². The first-order valence-corrected chi connectivity index (χ1v) is 8.72. The number of hydrogen-bond donors (Lipinski definition) is 0. The maximum atomic E-state index is 12.7. The summed E-state index contributed by atoms with van der Waals surface area (Å²) >= 11 is 10.9. The number of thiophene rings is 1. The summed E-state index contributed by atoms with van der Waals surface area (Å²) in [7, 11) is 0. The molecule has 3 unspecified atom stereocenters. The van der Waals surface area contributed by atoms with Gasteiger partial charge < -0.3 is 0 Å². The van der Waals surface area contributed by atoms with Gasteiger partial charge in [0, 0.05) is 5.92 Å². The predicted octanol–water partition coefficient (Wildman–Crippen LogP) is 5.32. The fourth-order valence-corrected chi connectivity index (χ4v) is 5.25. The second kappa shape index (κ2) is 4.69. The highest BCUT2D eigenvalue weighted by Gasteiger charge is 2.57. The van der Waals surface area contributed by atoms with Crippen LogP contribution >= 0.6 is 38.9 Å². The topological polar surface area (TPSA) is 17.1 Å². The number of Topliss-reactive ketones (excluding diaryl/α,β-unsaturated/α-hetero) is 1. The van der Waals surface area contributed by atoms with E-state index in [1.54, 1.807) is 6.07 Å². The molecule has 1 aromatic carbocycles. The molecule has 2 aliphatic rings.